The summed E-state index contributed by atoms with van der Waals surface area (Å²) >= 11 is 0. The van der Waals surface area contributed by atoms with Crippen molar-refractivity contribution in [2.75, 3.05) is 13.2 Å². The fourth-order valence-electron chi connectivity index (χ4n) is 2.25. The predicted molar refractivity (Wildman–Crippen MR) is 45.9 cm³/mol. The van der Waals surface area contributed by atoms with Gasteiger partial charge in [-0.05, 0) is 19.8 Å². The molecular formula is C9H17NO2. The Hall–Kier alpha value is -0.120. The van der Waals surface area contributed by atoms with E-state index in [4.69, 9.17) is 15.2 Å². The minimum absolute atomic E-state index is 0.0312. The van der Waals surface area contributed by atoms with E-state index in [0.29, 0.717) is 12.6 Å². The lowest BCUT2D eigenvalue weighted by atomic mass is 9.97. The second-order valence-electron chi connectivity index (χ2n) is 4.02. The van der Waals surface area contributed by atoms with E-state index in [1.807, 2.05) is 0 Å². The highest BCUT2D eigenvalue weighted by Gasteiger charge is 2.45. The van der Waals surface area contributed by atoms with Crippen LogP contribution < -0.4 is 5.73 Å². The molecular weight excluding hydrogens is 154 g/mol. The highest BCUT2D eigenvalue weighted by atomic mass is 16.6. The van der Waals surface area contributed by atoms with E-state index in [0.717, 1.165) is 25.9 Å². The van der Waals surface area contributed by atoms with Crippen LogP contribution in [0.25, 0.3) is 0 Å². The molecule has 2 saturated heterocycles. The van der Waals surface area contributed by atoms with Gasteiger partial charge >= 0.3 is 0 Å². The summed E-state index contributed by atoms with van der Waals surface area (Å²) in [5, 5.41) is 0. The van der Waals surface area contributed by atoms with Gasteiger partial charge in [0.1, 0.15) is 0 Å². The molecule has 0 bridgehead atoms. The third-order valence-corrected chi connectivity index (χ3v) is 2.89. The first-order chi connectivity index (χ1) is 5.74. The Balaban J connectivity index is 1.97. The van der Waals surface area contributed by atoms with Gasteiger partial charge in [-0.2, -0.15) is 0 Å². The molecule has 0 aliphatic carbocycles. The largest absolute Gasteiger partial charge is 0.375 e. The zero-order valence-corrected chi connectivity index (χ0v) is 7.58. The van der Waals surface area contributed by atoms with Crippen LogP contribution in [0.4, 0.5) is 0 Å². The molecule has 70 valence electrons. The first-order valence-corrected chi connectivity index (χ1v) is 4.74. The Morgan fingerprint density at radius 2 is 2.42 bits per heavy atom. The molecule has 12 heavy (non-hydrogen) atoms. The maximum Gasteiger partial charge on any atom is 0.0944 e. The van der Waals surface area contributed by atoms with Gasteiger partial charge in [0.05, 0.1) is 24.4 Å². The van der Waals surface area contributed by atoms with Gasteiger partial charge in [-0.25, -0.2) is 0 Å². The zero-order valence-electron chi connectivity index (χ0n) is 7.58. The lowest BCUT2D eigenvalue weighted by molar-refractivity contribution is -0.0413. The summed E-state index contributed by atoms with van der Waals surface area (Å²) in [6.07, 6.45) is 3.91. The zero-order chi connectivity index (χ0) is 8.60. The molecule has 2 heterocycles. The molecule has 3 unspecified atom stereocenters. The first-order valence-electron chi connectivity index (χ1n) is 4.74. The van der Waals surface area contributed by atoms with Crippen molar-refractivity contribution in [1.29, 1.82) is 0 Å². The van der Waals surface area contributed by atoms with E-state index in [1.165, 1.54) is 0 Å². The molecule has 0 amide bonds. The molecule has 0 radical (unpaired) electrons. The van der Waals surface area contributed by atoms with Crippen LogP contribution in [-0.4, -0.2) is 31.0 Å². The lowest BCUT2D eigenvalue weighted by Gasteiger charge is -2.21. The van der Waals surface area contributed by atoms with Crippen molar-refractivity contribution in [2.24, 2.45) is 5.73 Å². The number of rotatable bonds is 1. The average molecular weight is 171 g/mol. The lowest BCUT2D eigenvalue weighted by Crippen LogP contribution is -2.31. The van der Waals surface area contributed by atoms with Crippen molar-refractivity contribution < 1.29 is 9.47 Å². The minimum Gasteiger partial charge on any atom is -0.375 e. The summed E-state index contributed by atoms with van der Waals surface area (Å²) in [4.78, 5) is 0. The van der Waals surface area contributed by atoms with Crippen LogP contribution in [0.1, 0.15) is 26.2 Å². The van der Waals surface area contributed by atoms with Crippen molar-refractivity contribution in [3.8, 4) is 0 Å². The van der Waals surface area contributed by atoms with Gasteiger partial charge in [0.2, 0.25) is 0 Å². The Labute approximate surface area is 73.2 Å². The molecule has 0 aromatic carbocycles. The van der Waals surface area contributed by atoms with Gasteiger partial charge in [0.15, 0.2) is 0 Å². The molecule has 3 heteroatoms. The van der Waals surface area contributed by atoms with Gasteiger partial charge in [-0.1, -0.05) is 0 Å². The summed E-state index contributed by atoms with van der Waals surface area (Å²) < 4.78 is 11.4. The summed E-state index contributed by atoms with van der Waals surface area (Å²) in [6.45, 7) is 3.52. The summed E-state index contributed by atoms with van der Waals surface area (Å²) in [6, 6.07) is 0. The topological polar surface area (TPSA) is 44.5 Å². The van der Waals surface area contributed by atoms with Crippen LogP contribution in [0.5, 0.6) is 0 Å². The van der Waals surface area contributed by atoms with Crippen LogP contribution in [-0.2, 0) is 9.47 Å². The van der Waals surface area contributed by atoms with E-state index in [-0.39, 0.29) is 11.7 Å². The third-order valence-electron chi connectivity index (χ3n) is 2.89. The van der Waals surface area contributed by atoms with Crippen molar-refractivity contribution in [3.63, 3.8) is 0 Å². The Morgan fingerprint density at radius 3 is 2.92 bits per heavy atom. The molecule has 0 aromatic heterocycles. The SMILES string of the molecule is CC1CC2(CCC(CN)O2)CO1. The fraction of sp³-hybridized carbons (Fsp3) is 1.00. The quantitative estimate of drug-likeness (QED) is 0.630. The second-order valence-corrected chi connectivity index (χ2v) is 4.02. The fourth-order valence-corrected chi connectivity index (χ4v) is 2.25. The monoisotopic (exact) mass is 171 g/mol. The van der Waals surface area contributed by atoms with Crippen molar-refractivity contribution in [2.45, 2.75) is 44.0 Å². The van der Waals surface area contributed by atoms with Crippen LogP contribution in [0.15, 0.2) is 0 Å². The van der Waals surface area contributed by atoms with Crippen LogP contribution >= 0.6 is 0 Å². The van der Waals surface area contributed by atoms with E-state index >= 15 is 0 Å². The van der Waals surface area contributed by atoms with E-state index in [1.54, 1.807) is 0 Å². The van der Waals surface area contributed by atoms with E-state index in [9.17, 15) is 0 Å². The molecule has 2 aliphatic heterocycles. The molecule has 3 atom stereocenters. The second kappa shape index (κ2) is 2.98. The number of hydrogen-bond acceptors (Lipinski definition) is 3. The number of ether oxygens (including phenoxy) is 2. The molecule has 3 nitrogen and oxygen atoms in total. The van der Waals surface area contributed by atoms with Gasteiger partial charge in [-0.15, -0.1) is 0 Å². The Bertz CT molecular complexity index is 174. The normalized spacial score (nSPS) is 47.5. The van der Waals surface area contributed by atoms with Gasteiger partial charge in [0, 0.05) is 13.0 Å². The Kier molecular flexibility index (Phi) is 2.10. The highest BCUT2D eigenvalue weighted by molar-refractivity contribution is 4.94. The number of hydrogen-bond donors (Lipinski definition) is 1. The van der Waals surface area contributed by atoms with E-state index < -0.39 is 0 Å². The van der Waals surface area contributed by atoms with Crippen LogP contribution in [0.2, 0.25) is 0 Å². The van der Waals surface area contributed by atoms with Gasteiger partial charge in [-0.3, -0.25) is 0 Å². The average Bonchev–Trinajstić information content (AvgIpc) is 2.61. The van der Waals surface area contributed by atoms with Crippen LogP contribution in [0.3, 0.4) is 0 Å². The predicted octanol–water partition coefficient (Wildman–Crippen LogP) is 0.672. The Morgan fingerprint density at radius 1 is 1.58 bits per heavy atom. The summed E-state index contributed by atoms with van der Waals surface area (Å²) in [5.41, 5.74) is 5.58. The molecule has 2 rings (SSSR count). The first kappa shape index (κ1) is 8.48. The maximum atomic E-state index is 5.88. The molecule has 0 aromatic rings. The summed E-state index contributed by atoms with van der Waals surface area (Å²) in [5.74, 6) is 0. The standard InChI is InChI=1S/C9H17NO2/c1-7-4-9(6-11-7)3-2-8(5-10)12-9/h7-8H,2-6,10H2,1H3. The van der Waals surface area contributed by atoms with Crippen molar-refractivity contribution in [3.05, 3.63) is 0 Å². The van der Waals surface area contributed by atoms with Crippen molar-refractivity contribution >= 4 is 0 Å². The van der Waals surface area contributed by atoms with Crippen molar-refractivity contribution in [1.82, 2.24) is 0 Å². The maximum absolute atomic E-state index is 5.88. The number of nitrogens with two attached hydrogens (primary N) is 1. The highest BCUT2D eigenvalue weighted by Crippen LogP contribution is 2.38. The molecule has 2 N–H and O–H groups in total. The smallest absolute Gasteiger partial charge is 0.0944 e. The molecule has 0 saturated carbocycles. The van der Waals surface area contributed by atoms with E-state index in [2.05, 4.69) is 6.92 Å². The minimum atomic E-state index is 0.0312. The molecule has 1 spiro atoms. The third kappa shape index (κ3) is 1.37. The molecule has 2 aliphatic rings. The van der Waals surface area contributed by atoms with Crippen LogP contribution in [0, 0.1) is 0 Å². The molecule has 2 fully saturated rings. The van der Waals surface area contributed by atoms with Gasteiger partial charge < -0.3 is 15.2 Å². The summed E-state index contributed by atoms with van der Waals surface area (Å²) in [7, 11) is 0. The van der Waals surface area contributed by atoms with Gasteiger partial charge in [0.25, 0.3) is 0 Å².